The van der Waals surface area contributed by atoms with Crippen LogP contribution in [0.25, 0.3) is 11.1 Å². The fourth-order valence-electron chi connectivity index (χ4n) is 1.36. The van der Waals surface area contributed by atoms with Crippen LogP contribution in [0.1, 0.15) is 0 Å². The molecule has 0 atom stereocenters. The third-order valence-corrected chi connectivity index (χ3v) is 3.19. The largest absolute Gasteiger partial charge is 0.381 e. The molecule has 1 aromatic heterocycles. The standard InChI is InChI=1S/C11H6Cl3FN2/c12-6-2-7(10(14)8(13)3-6)5-1-9(15)11(16)17-4-5/h1-4H,(H2,16,17). The molecule has 17 heavy (non-hydrogen) atoms. The fraction of sp³-hybridized carbons (Fsp3) is 0. The van der Waals surface area contributed by atoms with E-state index in [0.29, 0.717) is 26.2 Å². The zero-order valence-electron chi connectivity index (χ0n) is 8.35. The molecule has 0 saturated carbocycles. The molecule has 0 amide bonds. The van der Waals surface area contributed by atoms with Crippen molar-refractivity contribution in [3.05, 3.63) is 45.3 Å². The first-order valence-corrected chi connectivity index (χ1v) is 5.68. The SMILES string of the molecule is Nc1ncc(-c2cc(Cl)cc(Cl)c2Cl)cc1F. The molecule has 2 aromatic rings. The lowest BCUT2D eigenvalue weighted by molar-refractivity contribution is 0.628. The van der Waals surface area contributed by atoms with Crippen molar-refractivity contribution >= 4 is 40.6 Å². The van der Waals surface area contributed by atoms with Crippen molar-refractivity contribution in [1.29, 1.82) is 0 Å². The summed E-state index contributed by atoms with van der Waals surface area (Å²) < 4.78 is 13.3. The molecule has 0 radical (unpaired) electrons. The molecule has 0 aliphatic carbocycles. The van der Waals surface area contributed by atoms with Crippen LogP contribution in [-0.2, 0) is 0 Å². The van der Waals surface area contributed by atoms with Crippen molar-refractivity contribution in [2.75, 3.05) is 5.73 Å². The average Bonchev–Trinajstić information content (AvgIpc) is 2.27. The molecule has 1 heterocycles. The van der Waals surface area contributed by atoms with Gasteiger partial charge in [-0.25, -0.2) is 9.37 Å². The fourth-order valence-corrected chi connectivity index (χ4v) is 2.07. The highest BCUT2D eigenvalue weighted by Gasteiger charge is 2.11. The summed E-state index contributed by atoms with van der Waals surface area (Å²) in [6.07, 6.45) is 1.41. The Morgan fingerprint density at radius 3 is 2.47 bits per heavy atom. The number of benzene rings is 1. The number of nitrogens with two attached hydrogens (primary N) is 1. The zero-order chi connectivity index (χ0) is 12.6. The number of hydrogen-bond donors (Lipinski definition) is 1. The second-order valence-electron chi connectivity index (χ2n) is 3.34. The summed E-state index contributed by atoms with van der Waals surface area (Å²) in [6.45, 7) is 0. The van der Waals surface area contributed by atoms with Crippen LogP contribution in [0.15, 0.2) is 24.4 Å². The molecule has 2 rings (SSSR count). The van der Waals surface area contributed by atoms with Crippen LogP contribution in [-0.4, -0.2) is 4.98 Å². The smallest absolute Gasteiger partial charge is 0.165 e. The predicted molar refractivity (Wildman–Crippen MR) is 69.1 cm³/mol. The van der Waals surface area contributed by atoms with E-state index in [2.05, 4.69) is 4.98 Å². The van der Waals surface area contributed by atoms with Crippen LogP contribution in [0.5, 0.6) is 0 Å². The molecule has 2 N–H and O–H groups in total. The Morgan fingerprint density at radius 1 is 1.12 bits per heavy atom. The molecule has 0 fully saturated rings. The van der Waals surface area contributed by atoms with E-state index in [1.54, 1.807) is 6.07 Å². The zero-order valence-corrected chi connectivity index (χ0v) is 10.6. The molecular formula is C11H6Cl3FN2. The van der Waals surface area contributed by atoms with E-state index >= 15 is 0 Å². The Balaban J connectivity index is 2.64. The van der Waals surface area contributed by atoms with Crippen molar-refractivity contribution in [2.24, 2.45) is 0 Å². The maximum absolute atomic E-state index is 13.3. The lowest BCUT2D eigenvalue weighted by atomic mass is 10.1. The third-order valence-electron chi connectivity index (χ3n) is 2.17. The highest BCUT2D eigenvalue weighted by Crippen LogP contribution is 2.36. The number of anilines is 1. The summed E-state index contributed by atoms with van der Waals surface area (Å²) in [7, 11) is 0. The molecular weight excluding hydrogens is 285 g/mol. The second-order valence-corrected chi connectivity index (χ2v) is 4.56. The Labute approximate surface area is 112 Å². The Kier molecular flexibility index (Phi) is 3.43. The minimum atomic E-state index is -0.616. The first-order chi connectivity index (χ1) is 7.99. The second kappa shape index (κ2) is 4.69. The number of pyridine rings is 1. The first kappa shape index (κ1) is 12.4. The minimum Gasteiger partial charge on any atom is -0.381 e. The number of hydrogen-bond acceptors (Lipinski definition) is 2. The summed E-state index contributed by atoms with van der Waals surface area (Å²) in [5.74, 6) is -0.785. The lowest BCUT2D eigenvalue weighted by Gasteiger charge is -2.07. The first-order valence-electron chi connectivity index (χ1n) is 4.55. The van der Waals surface area contributed by atoms with Gasteiger partial charge in [0.15, 0.2) is 11.6 Å². The van der Waals surface area contributed by atoms with E-state index in [4.69, 9.17) is 40.5 Å². The normalized spacial score (nSPS) is 10.6. The van der Waals surface area contributed by atoms with E-state index in [1.165, 1.54) is 18.3 Å². The summed E-state index contributed by atoms with van der Waals surface area (Å²) >= 11 is 17.8. The van der Waals surface area contributed by atoms with Gasteiger partial charge in [0.25, 0.3) is 0 Å². The maximum Gasteiger partial charge on any atom is 0.165 e. The van der Waals surface area contributed by atoms with Gasteiger partial charge in [0.1, 0.15) is 0 Å². The van der Waals surface area contributed by atoms with Crippen molar-refractivity contribution in [1.82, 2.24) is 4.98 Å². The Morgan fingerprint density at radius 2 is 1.82 bits per heavy atom. The van der Waals surface area contributed by atoms with Crippen LogP contribution < -0.4 is 5.73 Å². The van der Waals surface area contributed by atoms with Gasteiger partial charge in [-0.1, -0.05) is 34.8 Å². The maximum atomic E-state index is 13.3. The van der Waals surface area contributed by atoms with Gasteiger partial charge in [0.2, 0.25) is 0 Å². The van der Waals surface area contributed by atoms with Gasteiger partial charge < -0.3 is 5.73 Å². The molecule has 0 aliphatic heterocycles. The van der Waals surface area contributed by atoms with Gasteiger partial charge in [-0.3, -0.25) is 0 Å². The number of aromatic nitrogens is 1. The summed E-state index contributed by atoms with van der Waals surface area (Å²) in [5.41, 5.74) is 6.27. The highest BCUT2D eigenvalue weighted by molar-refractivity contribution is 6.45. The third kappa shape index (κ3) is 2.46. The molecule has 88 valence electrons. The van der Waals surface area contributed by atoms with Gasteiger partial charge >= 0.3 is 0 Å². The summed E-state index contributed by atoms with van der Waals surface area (Å²) in [6, 6.07) is 4.33. The van der Waals surface area contributed by atoms with Crippen molar-refractivity contribution in [3.63, 3.8) is 0 Å². The molecule has 1 aromatic carbocycles. The van der Waals surface area contributed by atoms with Gasteiger partial charge in [-0.15, -0.1) is 0 Å². The van der Waals surface area contributed by atoms with E-state index < -0.39 is 5.82 Å². The molecule has 0 spiro atoms. The van der Waals surface area contributed by atoms with Crippen molar-refractivity contribution < 1.29 is 4.39 Å². The predicted octanol–water partition coefficient (Wildman–Crippen LogP) is 4.43. The number of rotatable bonds is 1. The van der Waals surface area contributed by atoms with Crippen LogP contribution in [0, 0.1) is 5.82 Å². The van der Waals surface area contributed by atoms with Gasteiger partial charge in [-0.2, -0.15) is 0 Å². The molecule has 0 aliphatic rings. The van der Waals surface area contributed by atoms with Crippen molar-refractivity contribution in [3.8, 4) is 11.1 Å². The topological polar surface area (TPSA) is 38.9 Å². The van der Waals surface area contributed by atoms with Crippen molar-refractivity contribution in [2.45, 2.75) is 0 Å². The van der Waals surface area contributed by atoms with E-state index in [-0.39, 0.29) is 5.82 Å². The average molecular weight is 292 g/mol. The van der Waals surface area contributed by atoms with E-state index in [9.17, 15) is 4.39 Å². The van der Waals surface area contributed by atoms with Crippen LogP contribution >= 0.6 is 34.8 Å². The van der Waals surface area contributed by atoms with Gasteiger partial charge in [-0.05, 0) is 18.2 Å². The molecule has 0 bridgehead atoms. The van der Waals surface area contributed by atoms with Crippen LogP contribution in [0.4, 0.5) is 10.2 Å². The molecule has 0 saturated heterocycles. The molecule has 6 heteroatoms. The van der Waals surface area contributed by atoms with E-state index in [1.807, 2.05) is 0 Å². The minimum absolute atomic E-state index is 0.169. The lowest BCUT2D eigenvalue weighted by Crippen LogP contribution is -1.95. The van der Waals surface area contributed by atoms with Gasteiger partial charge in [0.05, 0.1) is 10.0 Å². The number of nitrogens with zero attached hydrogens (tertiary/aromatic N) is 1. The number of halogens is 4. The Hall–Kier alpha value is -1.03. The van der Waals surface area contributed by atoms with Crippen LogP contribution in [0.2, 0.25) is 15.1 Å². The highest BCUT2D eigenvalue weighted by atomic mass is 35.5. The summed E-state index contributed by atoms with van der Waals surface area (Å²) in [4.78, 5) is 3.71. The number of nitrogen functional groups attached to an aromatic ring is 1. The molecule has 0 unspecified atom stereocenters. The Bertz CT molecular complexity index is 587. The van der Waals surface area contributed by atoms with E-state index in [0.717, 1.165) is 0 Å². The summed E-state index contributed by atoms with van der Waals surface area (Å²) in [5, 5.41) is 1.00. The quantitative estimate of drug-likeness (QED) is 0.789. The monoisotopic (exact) mass is 290 g/mol. The van der Waals surface area contributed by atoms with Gasteiger partial charge in [0, 0.05) is 22.3 Å². The molecule has 2 nitrogen and oxygen atoms in total. The van der Waals surface area contributed by atoms with Crippen LogP contribution in [0.3, 0.4) is 0 Å².